The molecular weight excluding hydrogens is 438 g/mol. The van der Waals surface area contributed by atoms with Crippen molar-refractivity contribution in [3.63, 3.8) is 0 Å². The summed E-state index contributed by atoms with van der Waals surface area (Å²) in [5, 5.41) is 10.7. The Labute approximate surface area is 210 Å². The maximum atomic E-state index is 13.2. The first-order chi connectivity index (χ1) is 16.6. The molecule has 190 valence electrons. The Morgan fingerprint density at radius 1 is 0.829 bits per heavy atom. The van der Waals surface area contributed by atoms with Gasteiger partial charge in [-0.1, -0.05) is 34.4 Å². The van der Waals surface area contributed by atoms with Gasteiger partial charge in [-0.2, -0.15) is 0 Å². The number of phenols is 1. The first-order valence-electron chi connectivity index (χ1n) is 12.3. The highest BCUT2D eigenvalue weighted by Crippen LogP contribution is 2.34. The van der Waals surface area contributed by atoms with Crippen LogP contribution in [0.15, 0.2) is 69.6 Å². The molecule has 0 saturated heterocycles. The fourth-order valence-electron chi connectivity index (χ4n) is 3.66. The normalized spacial score (nSPS) is 12.0. The zero-order chi connectivity index (χ0) is 26.0. The minimum absolute atomic E-state index is 0.0945. The second kappa shape index (κ2) is 13.6. The van der Waals surface area contributed by atoms with Gasteiger partial charge < -0.3 is 19.1 Å². The van der Waals surface area contributed by atoms with Gasteiger partial charge in [-0.25, -0.2) is 0 Å². The number of pyridine rings is 1. The van der Waals surface area contributed by atoms with E-state index in [1.807, 2.05) is 12.2 Å². The Morgan fingerprint density at radius 2 is 1.34 bits per heavy atom. The van der Waals surface area contributed by atoms with Crippen molar-refractivity contribution in [3.05, 3.63) is 75.1 Å². The number of hydrogen-bond acceptors (Lipinski definition) is 4. The Bertz CT molecular complexity index is 1190. The predicted octanol–water partition coefficient (Wildman–Crippen LogP) is 7.39. The molecule has 0 amide bonds. The lowest BCUT2D eigenvalue weighted by molar-refractivity contribution is 0.304. The van der Waals surface area contributed by atoms with Crippen LogP contribution in [0.2, 0.25) is 0 Å². The van der Waals surface area contributed by atoms with Gasteiger partial charge in [0, 0.05) is 18.5 Å². The molecule has 2 aromatic rings. The van der Waals surface area contributed by atoms with Crippen molar-refractivity contribution in [1.29, 1.82) is 0 Å². The Hall–Kier alpha value is -3.21. The van der Waals surface area contributed by atoms with E-state index >= 15 is 0 Å². The summed E-state index contributed by atoms with van der Waals surface area (Å²) in [6.07, 6.45) is 12.4. The average Bonchev–Trinajstić information content (AvgIpc) is 2.78. The van der Waals surface area contributed by atoms with Crippen LogP contribution in [0.25, 0.3) is 10.9 Å². The van der Waals surface area contributed by atoms with Crippen LogP contribution in [-0.2, 0) is 7.05 Å². The quantitative estimate of drug-likeness (QED) is 0.323. The SMILES string of the molecule is CC(C)=CCC/C(C)=C/COc1c(OC/C=C(\C)CCC=C(C)C)c2ccc(O)cc2n(C)c1=O. The number of hydrogen-bond donors (Lipinski definition) is 1. The molecule has 35 heavy (non-hydrogen) atoms. The van der Waals surface area contributed by atoms with Crippen LogP contribution in [0.5, 0.6) is 17.2 Å². The van der Waals surface area contributed by atoms with Crippen molar-refractivity contribution in [2.75, 3.05) is 13.2 Å². The maximum Gasteiger partial charge on any atom is 0.297 e. The van der Waals surface area contributed by atoms with E-state index in [9.17, 15) is 9.90 Å². The monoisotopic (exact) mass is 479 g/mol. The number of aromatic hydroxyl groups is 1. The van der Waals surface area contributed by atoms with Gasteiger partial charge in [-0.05, 0) is 91.5 Å². The lowest BCUT2D eigenvalue weighted by Gasteiger charge is -2.16. The summed E-state index contributed by atoms with van der Waals surface area (Å²) in [7, 11) is 1.68. The molecule has 5 heteroatoms. The molecule has 2 rings (SSSR count). The lowest BCUT2D eigenvalue weighted by Crippen LogP contribution is -2.21. The van der Waals surface area contributed by atoms with E-state index in [0.717, 1.165) is 31.1 Å². The zero-order valence-electron chi connectivity index (χ0n) is 22.4. The number of benzene rings is 1. The number of aryl methyl sites for hydroxylation is 1. The Kier molecular flexibility index (Phi) is 10.9. The van der Waals surface area contributed by atoms with Gasteiger partial charge in [0.1, 0.15) is 19.0 Å². The molecule has 0 aliphatic carbocycles. The van der Waals surface area contributed by atoms with Crippen molar-refractivity contribution in [2.45, 2.75) is 67.2 Å². The van der Waals surface area contributed by atoms with Gasteiger partial charge in [0.05, 0.1) is 5.52 Å². The second-order valence-corrected chi connectivity index (χ2v) is 9.59. The number of phenolic OH excluding ortho intramolecular Hbond substituents is 1. The molecule has 0 unspecified atom stereocenters. The fourth-order valence-corrected chi connectivity index (χ4v) is 3.66. The van der Waals surface area contributed by atoms with Gasteiger partial charge in [0.2, 0.25) is 5.75 Å². The molecule has 1 aromatic heterocycles. The summed E-state index contributed by atoms with van der Waals surface area (Å²) in [4.78, 5) is 13.2. The van der Waals surface area contributed by atoms with Gasteiger partial charge in [0.25, 0.3) is 5.56 Å². The standard InChI is InChI=1S/C30H41NO4/c1-21(2)10-8-12-23(5)16-18-34-28-26-15-14-25(32)20-27(26)31(7)30(33)29(28)35-19-17-24(6)13-9-11-22(3)4/h10-11,14-17,20,32H,8-9,12-13,18-19H2,1-7H3/b23-16+,24-17+. The third kappa shape index (κ3) is 8.82. The Balaban J connectivity index is 2.29. The first kappa shape index (κ1) is 28.0. The van der Waals surface area contributed by atoms with Gasteiger partial charge in [-0.15, -0.1) is 0 Å². The highest BCUT2D eigenvalue weighted by Gasteiger charge is 2.18. The van der Waals surface area contributed by atoms with Crippen LogP contribution in [0, 0.1) is 0 Å². The molecule has 0 bridgehead atoms. The third-order valence-corrected chi connectivity index (χ3v) is 5.79. The van der Waals surface area contributed by atoms with Crippen LogP contribution in [0.1, 0.15) is 67.2 Å². The summed E-state index contributed by atoms with van der Waals surface area (Å²) in [5.41, 5.74) is 5.36. The predicted molar refractivity (Wildman–Crippen MR) is 147 cm³/mol. The summed E-state index contributed by atoms with van der Waals surface area (Å²) in [6.45, 7) is 13.2. The maximum absolute atomic E-state index is 13.2. The minimum Gasteiger partial charge on any atom is -0.508 e. The van der Waals surface area contributed by atoms with E-state index in [-0.39, 0.29) is 23.7 Å². The zero-order valence-corrected chi connectivity index (χ0v) is 22.4. The highest BCUT2D eigenvalue weighted by molar-refractivity contribution is 5.89. The van der Waals surface area contributed by atoms with Crippen LogP contribution in [0.4, 0.5) is 0 Å². The van der Waals surface area contributed by atoms with E-state index in [1.165, 1.54) is 26.9 Å². The van der Waals surface area contributed by atoms with Crippen LogP contribution >= 0.6 is 0 Å². The molecule has 0 saturated carbocycles. The molecule has 0 fully saturated rings. The first-order valence-corrected chi connectivity index (χ1v) is 12.3. The third-order valence-electron chi connectivity index (χ3n) is 5.79. The second-order valence-electron chi connectivity index (χ2n) is 9.59. The summed E-state index contributed by atoms with van der Waals surface area (Å²) >= 11 is 0. The van der Waals surface area contributed by atoms with E-state index < -0.39 is 0 Å². The molecule has 0 radical (unpaired) electrons. The molecular formula is C30H41NO4. The molecule has 1 N–H and O–H groups in total. The fraction of sp³-hybridized carbons (Fsp3) is 0.433. The summed E-state index contributed by atoms with van der Waals surface area (Å²) in [5.74, 6) is 0.693. The van der Waals surface area contributed by atoms with Crippen LogP contribution < -0.4 is 15.0 Å². The summed E-state index contributed by atoms with van der Waals surface area (Å²) < 4.78 is 13.6. The van der Waals surface area contributed by atoms with E-state index in [4.69, 9.17) is 9.47 Å². The molecule has 0 spiro atoms. The van der Waals surface area contributed by atoms with Gasteiger partial charge >= 0.3 is 0 Å². The van der Waals surface area contributed by atoms with E-state index in [0.29, 0.717) is 17.9 Å². The summed E-state index contributed by atoms with van der Waals surface area (Å²) in [6, 6.07) is 4.93. The van der Waals surface area contributed by atoms with E-state index in [1.54, 1.807) is 25.2 Å². The van der Waals surface area contributed by atoms with Crippen LogP contribution in [-0.4, -0.2) is 22.9 Å². The van der Waals surface area contributed by atoms with Crippen molar-refractivity contribution in [1.82, 2.24) is 4.57 Å². The van der Waals surface area contributed by atoms with Gasteiger partial charge in [0.15, 0.2) is 5.75 Å². The van der Waals surface area contributed by atoms with Crippen molar-refractivity contribution >= 4 is 10.9 Å². The number of ether oxygens (including phenoxy) is 2. The van der Waals surface area contributed by atoms with Crippen molar-refractivity contribution in [2.24, 2.45) is 7.05 Å². The number of fused-ring (bicyclic) bond motifs is 1. The highest BCUT2D eigenvalue weighted by atomic mass is 16.5. The average molecular weight is 480 g/mol. The molecule has 0 aliphatic heterocycles. The number of allylic oxidation sites excluding steroid dienone is 6. The van der Waals surface area contributed by atoms with Crippen LogP contribution in [0.3, 0.4) is 0 Å². The number of rotatable bonds is 12. The lowest BCUT2D eigenvalue weighted by atomic mass is 10.1. The van der Waals surface area contributed by atoms with Crippen molar-refractivity contribution < 1.29 is 14.6 Å². The molecule has 0 atom stereocenters. The van der Waals surface area contributed by atoms with Gasteiger partial charge in [-0.3, -0.25) is 4.79 Å². The van der Waals surface area contributed by atoms with Crippen molar-refractivity contribution in [3.8, 4) is 17.2 Å². The van der Waals surface area contributed by atoms with E-state index in [2.05, 4.69) is 53.7 Å². The number of nitrogens with zero attached hydrogens (tertiary/aromatic N) is 1. The molecule has 5 nitrogen and oxygen atoms in total. The topological polar surface area (TPSA) is 60.7 Å². The molecule has 1 aromatic carbocycles. The Morgan fingerprint density at radius 3 is 1.86 bits per heavy atom. The largest absolute Gasteiger partial charge is 0.508 e. The molecule has 1 heterocycles. The smallest absolute Gasteiger partial charge is 0.297 e. The molecule has 0 aliphatic rings. The number of aromatic nitrogens is 1. The minimum atomic E-state index is -0.294.